The van der Waals surface area contributed by atoms with E-state index >= 15 is 0 Å². The molecule has 0 unspecified atom stereocenters. The Morgan fingerprint density at radius 1 is 1.05 bits per heavy atom. The SMILES string of the molecule is CN1CC(=O)OB([C@H]2O[C@@H]2C2CCCCC2)OC(=O)C1. The van der Waals surface area contributed by atoms with Crippen molar-refractivity contribution in [2.24, 2.45) is 5.92 Å². The minimum Gasteiger partial charge on any atom is -0.496 e. The summed E-state index contributed by atoms with van der Waals surface area (Å²) in [5.74, 6) is -0.231. The number of carbonyl (C=O) groups excluding carboxylic acids is 2. The summed E-state index contributed by atoms with van der Waals surface area (Å²) in [7, 11) is 0.817. The van der Waals surface area contributed by atoms with Gasteiger partial charge in [-0.15, -0.1) is 0 Å². The second-order valence-corrected chi connectivity index (χ2v) is 5.98. The molecule has 0 aromatic heterocycles. The maximum absolute atomic E-state index is 11.7. The van der Waals surface area contributed by atoms with Crippen LogP contribution in [0.3, 0.4) is 0 Å². The Kier molecular flexibility index (Phi) is 3.98. The molecule has 0 N–H and O–H groups in total. The summed E-state index contributed by atoms with van der Waals surface area (Å²) in [6.07, 6.45) is 6.13. The second kappa shape index (κ2) is 5.73. The maximum atomic E-state index is 11.7. The molecule has 20 heavy (non-hydrogen) atoms. The van der Waals surface area contributed by atoms with E-state index in [0.717, 1.165) is 12.8 Å². The molecule has 0 spiro atoms. The topological polar surface area (TPSA) is 68.4 Å². The predicted octanol–water partition coefficient (Wildman–Crippen LogP) is 0.393. The third-order valence-corrected chi connectivity index (χ3v) is 4.24. The van der Waals surface area contributed by atoms with Crippen LogP contribution in [0, 0.1) is 5.92 Å². The van der Waals surface area contributed by atoms with Gasteiger partial charge in [-0.2, -0.15) is 0 Å². The zero-order valence-electron chi connectivity index (χ0n) is 11.7. The molecule has 2 aliphatic heterocycles. The zero-order chi connectivity index (χ0) is 14.1. The summed E-state index contributed by atoms with van der Waals surface area (Å²) in [6.45, 7) is 0.207. The molecule has 1 saturated carbocycles. The number of epoxide rings is 1. The highest BCUT2D eigenvalue weighted by atomic mass is 16.7. The van der Waals surface area contributed by atoms with Gasteiger partial charge in [0.1, 0.15) is 6.00 Å². The predicted molar refractivity (Wildman–Crippen MR) is 70.7 cm³/mol. The third kappa shape index (κ3) is 3.15. The molecule has 110 valence electrons. The quantitative estimate of drug-likeness (QED) is 0.539. The molecule has 2 saturated heterocycles. The summed E-state index contributed by atoms with van der Waals surface area (Å²) < 4.78 is 16.1. The van der Waals surface area contributed by atoms with Gasteiger partial charge >= 0.3 is 19.1 Å². The van der Waals surface area contributed by atoms with E-state index in [1.165, 1.54) is 19.3 Å². The van der Waals surface area contributed by atoms with Gasteiger partial charge < -0.3 is 14.0 Å². The molecular formula is C13H20BNO5. The third-order valence-electron chi connectivity index (χ3n) is 4.24. The van der Waals surface area contributed by atoms with Crippen LogP contribution in [-0.4, -0.2) is 56.2 Å². The highest BCUT2D eigenvalue weighted by Gasteiger charge is 2.58. The van der Waals surface area contributed by atoms with E-state index in [9.17, 15) is 9.59 Å². The molecule has 0 bridgehead atoms. The van der Waals surface area contributed by atoms with Gasteiger partial charge in [0.05, 0.1) is 19.2 Å². The molecule has 1 aliphatic carbocycles. The van der Waals surface area contributed by atoms with Crippen LogP contribution in [0.4, 0.5) is 0 Å². The first kappa shape index (κ1) is 13.9. The molecule has 3 fully saturated rings. The van der Waals surface area contributed by atoms with E-state index in [1.807, 2.05) is 0 Å². The molecule has 3 rings (SSSR count). The highest BCUT2D eigenvalue weighted by Crippen LogP contribution is 2.39. The van der Waals surface area contributed by atoms with Crippen molar-refractivity contribution in [3.05, 3.63) is 0 Å². The standard InChI is InChI=1S/C13H20BNO5/c1-15-7-10(16)19-14(20-11(17)8-15)13-12(18-13)9-5-3-2-4-6-9/h9,12-13H,2-8H2,1H3/t12-,13+/m1/s1. The van der Waals surface area contributed by atoms with Gasteiger partial charge in [0.15, 0.2) is 0 Å². The number of hydrogen-bond acceptors (Lipinski definition) is 6. The molecule has 2 atom stereocenters. The lowest BCUT2D eigenvalue weighted by molar-refractivity contribution is -0.145. The van der Waals surface area contributed by atoms with Gasteiger partial charge in [-0.3, -0.25) is 14.5 Å². The summed E-state index contributed by atoms with van der Waals surface area (Å²) >= 11 is 0. The average molecular weight is 281 g/mol. The van der Waals surface area contributed by atoms with Crippen LogP contribution in [0.1, 0.15) is 32.1 Å². The van der Waals surface area contributed by atoms with Gasteiger partial charge in [0, 0.05) is 0 Å². The van der Waals surface area contributed by atoms with Crippen molar-refractivity contribution in [3.63, 3.8) is 0 Å². The van der Waals surface area contributed by atoms with Crippen LogP contribution in [0.5, 0.6) is 0 Å². The Morgan fingerprint density at radius 3 is 2.25 bits per heavy atom. The molecule has 3 aliphatic rings. The van der Waals surface area contributed by atoms with Gasteiger partial charge in [0.2, 0.25) is 0 Å². The lowest BCUT2D eigenvalue weighted by Crippen LogP contribution is -2.45. The number of likely N-dealkylation sites (N-methyl/N-ethyl adjacent to an activating group) is 1. The summed E-state index contributed by atoms with van der Waals surface area (Å²) in [4.78, 5) is 24.9. The Morgan fingerprint density at radius 2 is 1.65 bits per heavy atom. The number of nitrogens with zero attached hydrogens (tertiary/aromatic N) is 1. The van der Waals surface area contributed by atoms with E-state index in [2.05, 4.69) is 0 Å². The fraction of sp³-hybridized carbons (Fsp3) is 0.846. The van der Waals surface area contributed by atoms with Crippen LogP contribution < -0.4 is 0 Å². The molecule has 2 heterocycles. The van der Waals surface area contributed by atoms with E-state index in [1.54, 1.807) is 11.9 Å². The Balaban J connectivity index is 1.58. The lowest BCUT2D eigenvalue weighted by Gasteiger charge is -2.23. The smallest absolute Gasteiger partial charge is 0.496 e. The minimum absolute atomic E-state index is 0.0815. The molecule has 0 aromatic rings. The molecule has 7 heteroatoms. The first-order valence-electron chi connectivity index (χ1n) is 7.36. The minimum atomic E-state index is -0.865. The Hall–Kier alpha value is -1.08. The largest absolute Gasteiger partial charge is 0.632 e. The Labute approximate surface area is 118 Å². The van der Waals surface area contributed by atoms with Crippen molar-refractivity contribution in [2.75, 3.05) is 20.1 Å². The molecule has 0 amide bonds. The van der Waals surface area contributed by atoms with E-state index in [-0.39, 0.29) is 37.1 Å². The second-order valence-electron chi connectivity index (χ2n) is 5.98. The number of rotatable bonds is 2. The van der Waals surface area contributed by atoms with Crippen molar-refractivity contribution in [1.82, 2.24) is 4.90 Å². The monoisotopic (exact) mass is 281 g/mol. The fourth-order valence-corrected chi connectivity index (χ4v) is 3.19. The number of carbonyl (C=O) groups is 2. The van der Waals surface area contributed by atoms with Crippen LogP contribution in [-0.2, 0) is 23.6 Å². The summed E-state index contributed by atoms with van der Waals surface area (Å²) in [5, 5.41) is 0. The maximum Gasteiger partial charge on any atom is 0.632 e. The van der Waals surface area contributed by atoms with Crippen molar-refractivity contribution < 1.29 is 23.6 Å². The van der Waals surface area contributed by atoms with Crippen LogP contribution >= 0.6 is 0 Å². The van der Waals surface area contributed by atoms with Crippen molar-refractivity contribution >= 4 is 19.1 Å². The van der Waals surface area contributed by atoms with Gasteiger partial charge in [0.25, 0.3) is 0 Å². The van der Waals surface area contributed by atoms with Crippen molar-refractivity contribution in [1.29, 1.82) is 0 Å². The summed E-state index contributed by atoms with van der Waals surface area (Å²) in [5.41, 5.74) is 0. The molecule has 0 radical (unpaired) electrons. The molecule has 6 nitrogen and oxygen atoms in total. The number of ether oxygens (including phenoxy) is 1. The van der Waals surface area contributed by atoms with E-state index < -0.39 is 7.12 Å². The van der Waals surface area contributed by atoms with Crippen LogP contribution in [0.15, 0.2) is 0 Å². The van der Waals surface area contributed by atoms with Crippen molar-refractivity contribution in [3.8, 4) is 0 Å². The first-order chi connectivity index (χ1) is 9.63. The first-order valence-corrected chi connectivity index (χ1v) is 7.36. The number of hydrogen-bond donors (Lipinski definition) is 0. The van der Waals surface area contributed by atoms with Gasteiger partial charge in [-0.05, 0) is 25.8 Å². The van der Waals surface area contributed by atoms with Gasteiger partial charge in [-0.1, -0.05) is 19.3 Å². The van der Waals surface area contributed by atoms with E-state index in [4.69, 9.17) is 14.0 Å². The highest BCUT2D eigenvalue weighted by molar-refractivity contribution is 6.51. The van der Waals surface area contributed by atoms with Gasteiger partial charge in [-0.25, -0.2) is 0 Å². The fourth-order valence-electron chi connectivity index (χ4n) is 3.19. The van der Waals surface area contributed by atoms with E-state index in [0.29, 0.717) is 5.92 Å². The molecule has 0 aromatic carbocycles. The van der Waals surface area contributed by atoms with Crippen LogP contribution in [0.2, 0.25) is 0 Å². The normalized spacial score (nSPS) is 33.1. The average Bonchev–Trinajstić information content (AvgIpc) is 3.17. The Bertz CT molecular complexity index is 378. The summed E-state index contributed by atoms with van der Waals surface area (Å²) in [6, 6.07) is -0.269. The van der Waals surface area contributed by atoms with Crippen LogP contribution in [0.25, 0.3) is 0 Å². The van der Waals surface area contributed by atoms with Crippen molar-refractivity contribution in [2.45, 2.75) is 44.2 Å². The zero-order valence-corrected chi connectivity index (χ0v) is 11.7. The molecular weight excluding hydrogens is 261 g/mol. The lowest BCUT2D eigenvalue weighted by atomic mass is 9.75.